The molecule has 140 valence electrons. The zero-order valence-electron chi connectivity index (χ0n) is 14.3. The van der Waals surface area contributed by atoms with Crippen LogP contribution in [0.3, 0.4) is 0 Å². The van der Waals surface area contributed by atoms with Crippen molar-refractivity contribution >= 4 is 37.5 Å². The maximum atomic E-state index is 12.2. The van der Waals surface area contributed by atoms with Crippen LogP contribution in [0.4, 0.5) is 5.69 Å². The molecule has 0 saturated carbocycles. The fraction of sp³-hybridized carbons (Fsp3) is 0.235. The summed E-state index contributed by atoms with van der Waals surface area (Å²) in [4.78, 5) is 12.2. The second-order valence-corrected chi connectivity index (χ2v) is 7.90. The van der Waals surface area contributed by atoms with Crippen LogP contribution in [0.1, 0.15) is 6.42 Å². The highest BCUT2D eigenvalue weighted by atomic mass is 79.9. The second kappa shape index (κ2) is 9.02. The molecule has 0 atom stereocenters. The van der Waals surface area contributed by atoms with Crippen LogP contribution in [0, 0.1) is 0 Å². The van der Waals surface area contributed by atoms with Gasteiger partial charge < -0.3 is 14.8 Å². The van der Waals surface area contributed by atoms with Crippen molar-refractivity contribution in [2.45, 2.75) is 11.3 Å². The number of methoxy groups -OCH3 is 2. The molecule has 0 fully saturated rings. The van der Waals surface area contributed by atoms with E-state index in [1.165, 1.54) is 26.4 Å². The van der Waals surface area contributed by atoms with Crippen molar-refractivity contribution in [3.05, 3.63) is 46.9 Å². The minimum atomic E-state index is -3.66. The summed E-state index contributed by atoms with van der Waals surface area (Å²) in [6, 6.07) is 11.2. The maximum Gasteiger partial charge on any atom is 0.240 e. The van der Waals surface area contributed by atoms with Crippen LogP contribution >= 0.6 is 15.9 Å². The Balaban J connectivity index is 1.94. The minimum Gasteiger partial charge on any atom is -0.497 e. The van der Waals surface area contributed by atoms with E-state index in [4.69, 9.17) is 9.47 Å². The lowest BCUT2D eigenvalue weighted by Crippen LogP contribution is -2.27. The maximum absolute atomic E-state index is 12.2. The summed E-state index contributed by atoms with van der Waals surface area (Å²) in [6.45, 7) is -0.0312. The van der Waals surface area contributed by atoms with Crippen LogP contribution in [0.15, 0.2) is 51.8 Å². The Labute approximate surface area is 160 Å². The topological polar surface area (TPSA) is 93.7 Å². The fourth-order valence-electron chi connectivity index (χ4n) is 2.12. The van der Waals surface area contributed by atoms with Gasteiger partial charge in [-0.2, -0.15) is 0 Å². The summed E-state index contributed by atoms with van der Waals surface area (Å²) in [5, 5.41) is 2.68. The third kappa shape index (κ3) is 5.45. The summed E-state index contributed by atoms with van der Waals surface area (Å²) in [7, 11) is -0.657. The Morgan fingerprint density at radius 3 is 2.38 bits per heavy atom. The van der Waals surface area contributed by atoms with Crippen molar-refractivity contribution in [2.24, 2.45) is 0 Å². The molecule has 9 heteroatoms. The van der Waals surface area contributed by atoms with E-state index in [2.05, 4.69) is 26.0 Å². The number of carbonyl (C=O) groups excluding carboxylic acids is 1. The molecule has 0 saturated heterocycles. The van der Waals surface area contributed by atoms with Crippen molar-refractivity contribution in [3.63, 3.8) is 0 Å². The smallest absolute Gasteiger partial charge is 0.240 e. The van der Waals surface area contributed by atoms with Crippen molar-refractivity contribution in [2.75, 3.05) is 26.1 Å². The van der Waals surface area contributed by atoms with E-state index in [0.717, 1.165) is 4.47 Å². The molecular formula is C17H19BrN2O5S. The molecule has 0 aromatic heterocycles. The largest absolute Gasteiger partial charge is 0.497 e. The van der Waals surface area contributed by atoms with Gasteiger partial charge >= 0.3 is 0 Å². The molecule has 7 nitrogen and oxygen atoms in total. The lowest BCUT2D eigenvalue weighted by Gasteiger charge is -2.12. The number of amides is 1. The quantitative estimate of drug-likeness (QED) is 0.655. The number of sulfonamides is 1. The molecule has 2 N–H and O–H groups in total. The van der Waals surface area contributed by atoms with Gasteiger partial charge in [-0.1, -0.05) is 15.9 Å². The second-order valence-electron chi connectivity index (χ2n) is 5.22. The van der Waals surface area contributed by atoms with E-state index in [0.29, 0.717) is 17.2 Å². The third-order valence-corrected chi connectivity index (χ3v) is 5.45. The number of nitrogens with one attached hydrogen (secondary N) is 2. The highest BCUT2D eigenvalue weighted by Crippen LogP contribution is 2.28. The average molecular weight is 443 g/mol. The summed E-state index contributed by atoms with van der Waals surface area (Å²) in [5.41, 5.74) is 0.451. The summed E-state index contributed by atoms with van der Waals surface area (Å²) in [5.74, 6) is 0.696. The predicted octanol–water partition coefficient (Wildman–Crippen LogP) is 2.77. The molecule has 0 spiro atoms. The number of hydrogen-bond donors (Lipinski definition) is 2. The lowest BCUT2D eigenvalue weighted by molar-refractivity contribution is -0.116. The van der Waals surface area contributed by atoms with E-state index in [9.17, 15) is 13.2 Å². The monoisotopic (exact) mass is 442 g/mol. The van der Waals surface area contributed by atoms with Crippen molar-refractivity contribution < 1.29 is 22.7 Å². The first kappa shape index (κ1) is 20.2. The fourth-order valence-corrected chi connectivity index (χ4v) is 3.42. The van der Waals surface area contributed by atoms with Gasteiger partial charge in [-0.15, -0.1) is 0 Å². The van der Waals surface area contributed by atoms with Crippen LogP contribution < -0.4 is 19.5 Å². The van der Waals surface area contributed by atoms with Crippen LogP contribution in [-0.2, 0) is 14.8 Å². The average Bonchev–Trinajstić information content (AvgIpc) is 2.61. The first-order chi connectivity index (χ1) is 12.4. The Kier molecular flexibility index (Phi) is 7.01. The number of anilines is 1. The van der Waals surface area contributed by atoms with Crippen molar-refractivity contribution in [1.82, 2.24) is 4.72 Å². The first-order valence-electron chi connectivity index (χ1n) is 7.63. The Hall–Kier alpha value is -2.10. The zero-order chi connectivity index (χ0) is 19.2. The molecule has 2 aromatic carbocycles. The van der Waals surface area contributed by atoms with Gasteiger partial charge in [0.25, 0.3) is 0 Å². The summed E-state index contributed by atoms with van der Waals surface area (Å²) < 4.78 is 37.8. The first-order valence-corrected chi connectivity index (χ1v) is 9.90. The molecule has 26 heavy (non-hydrogen) atoms. The standard InChI is InChI=1S/C17H19BrN2O5S/c1-24-13-5-8-16(25-2)15(11-13)20-17(21)9-10-19-26(22,23)14-6-3-12(18)4-7-14/h3-8,11,19H,9-10H2,1-2H3,(H,20,21). The molecule has 0 aliphatic rings. The Morgan fingerprint density at radius 2 is 1.77 bits per heavy atom. The normalized spacial score (nSPS) is 11.0. The number of rotatable bonds is 8. The van der Waals surface area contributed by atoms with Crippen LogP contribution in [-0.4, -0.2) is 35.1 Å². The number of ether oxygens (including phenoxy) is 2. The molecule has 0 heterocycles. The van der Waals surface area contributed by atoms with Gasteiger partial charge in [0.05, 0.1) is 24.8 Å². The van der Waals surface area contributed by atoms with Gasteiger partial charge in [-0.3, -0.25) is 4.79 Å². The number of halogens is 1. The number of benzene rings is 2. The van der Waals surface area contributed by atoms with E-state index >= 15 is 0 Å². The van der Waals surface area contributed by atoms with Gasteiger partial charge in [-0.05, 0) is 36.4 Å². The van der Waals surface area contributed by atoms with Crippen LogP contribution in [0.2, 0.25) is 0 Å². The lowest BCUT2D eigenvalue weighted by atomic mass is 10.2. The van der Waals surface area contributed by atoms with Gasteiger partial charge in [0.15, 0.2) is 0 Å². The molecule has 1 amide bonds. The van der Waals surface area contributed by atoms with E-state index < -0.39 is 10.0 Å². The molecule has 2 aromatic rings. The van der Waals surface area contributed by atoms with E-state index in [-0.39, 0.29) is 23.8 Å². The van der Waals surface area contributed by atoms with Gasteiger partial charge in [0.2, 0.25) is 15.9 Å². The highest BCUT2D eigenvalue weighted by molar-refractivity contribution is 9.10. The summed E-state index contributed by atoms with van der Waals surface area (Å²) in [6.07, 6.45) is -0.0316. The minimum absolute atomic E-state index is 0.0312. The molecule has 0 bridgehead atoms. The molecule has 0 unspecified atom stereocenters. The molecule has 0 aliphatic carbocycles. The van der Waals surface area contributed by atoms with Crippen LogP contribution in [0.25, 0.3) is 0 Å². The van der Waals surface area contributed by atoms with Crippen molar-refractivity contribution in [3.8, 4) is 11.5 Å². The van der Waals surface area contributed by atoms with Crippen molar-refractivity contribution in [1.29, 1.82) is 0 Å². The van der Waals surface area contributed by atoms with Gasteiger partial charge in [0.1, 0.15) is 11.5 Å². The molecule has 0 radical (unpaired) electrons. The molecular weight excluding hydrogens is 424 g/mol. The number of carbonyl (C=O) groups is 1. The zero-order valence-corrected chi connectivity index (χ0v) is 16.7. The van der Waals surface area contributed by atoms with Gasteiger partial charge in [-0.25, -0.2) is 13.1 Å². The predicted molar refractivity (Wildman–Crippen MR) is 102 cm³/mol. The Morgan fingerprint density at radius 1 is 1.08 bits per heavy atom. The highest BCUT2D eigenvalue weighted by Gasteiger charge is 2.15. The Bertz CT molecular complexity index is 869. The summed E-state index contributed by atoms with van der Waals surface area (Å²) >= 11 is 3.25. The van der Waals surface area contributed by atoms with E-state index in [1.54, 1.807) is 30.3 Å². The molecule has 2 rings (SSSR count). The third-order valence-electron chi connectivity index (χ3n) is 3.45. The molecule has 0 aliphatic heterocycles. The van der Waals surface area contributed by atoms with E-state index in [1.807, 2.05) is 0 Å². The number of hydrogen-bond acceptors (Lipinski definition) is 5. The SMILES string of the molecule is COc1ccc(OC)c(NC(=O)CCNS(=O)(=O)c2ccc(Br)cc2)c1. The van der Waals surface area contributed by atoms with Gasteiger partial charge in [0, 0.05) is 23.5 Å². The van der Waals surface area contributed by atoms with Crippen LogP contribution in [0.5, 0.6) is 11.5 Å².